The highest BCUT2D eigenvalue weighted by molar-refractivity contribution is 5.85. The molecule has 0 aromatic carbocycles. The molecule has 0 aliphatic rings. The van der Waals surface area contributed by atoms with Crippen LogP contribution in [-0.4, -0.2) is 42.6 Å². The normalized spacial score (nSPS) is 13.2. The Bertz CT molecular complexity index is 280. The Hall–Kier alpha value is -1.26. The van der Waals surface area contributed by atoms with Crippen molar-refractivity contribution < 1.29 is 14.3 Å². The second kappa shape index (κ2) is 5.89. The highest BCUT2D eigenvalue weighted by Crippen LogP contribution is 2.09. The summed E-state index contributed by atoms with van der Waals surface area (Å²) in [7, 11) is 3.32. The van der Waals surface area contributed by atoms with E-state index in [1.807, 2.05) is 13.8 Å². The summed E-state index contributed by atoms with van der Waals surface area (Å²) in [6.45, 7) is 9.10. The van der Waals surface area contributed by atoms with Gasteiger partial charge < -0.3 is 15.0 Å². The lowest BCUT2D eigenvalue weighted by Crippen LogP contribution is -2.50. The maximum absolute atomic E-state index is 11.8. The van der Waals surface area contributed by atoms with Gasteiger partial charge in [-0.15, -0.1) is 0 Å². The van der Waals surface area contributed by atoms with Crippen molar-refractivity contribution in [2.24, 2.45) is 5.92 Å². The van der Waals surface area contributed by atoms with Crippen molar-refractivity contribution in [3.8, 4) is 0 Å². The van der Waals surface area contributed by atoms with Crippen LogP contribution in [0.5, 0.6) is 0 Å². The molecule has 0 fully saturated rings. The van der Waals surface area contributed by atoms with Gasteiger partial charge in [-0.25, -0.2) is 4.79 Å². The zero-order chi connectivity index (χ0) is 13.8. The van der Waals surface area contributed by atoms with Crippen molar-refractivity contribution in [2.75, 3.05) is 14.1 Å². The largest absolute Gasteiger partial charge is 0.444 e. The molecule has 5 nitrogen and oxygen atoms in total. The average molecular weight is 244 g/mol. The lowest BCUT2D eigenvalue weighted by Gasteiger charge is -2.26. The highest BCUT2D eigenvalue weighted by atomic mass is 16.6. The molecular formula is C12H24N2O3. The Morgan fingerprint density at radius 3 is 1.94 bits per heavy atom. The van der Waals surface area contributed by atoms with Crippen LogP contribution < -0.4 is 5.32 Å². The number of carbonyl (C=O) groups is 2. The smallest absolute Gasteiger partial charge is 0.408 e. The molecule has 0 saturated heterocycles. The Kier molecular flexibility index (Phi) is 5.45. The van der Waals surface area contributed by atoms with Gasteiger partial charge in [0.15, 0.2) is 0 Å². The molecular weight excluding hydrogens is 220 g/mol. The van der Waals surface area contributed by atoms with E-state index in [0.717, 1.165) is 0 Å². The summed E-state index contributed by atoms with van der Waals surface area (Å²) in [6, 6.07) is -0.556. The second-order valence-corrected chi connectivity index (χ2v) is 5.60. The molecule has 0 spiro atoms. The van der Waals surface area contributed by atoms with Gasteiger partial charge in [-0.05, 0) is 26.7 Å². The van der Waals surface area contributed by atoms with E-state index in [4.69, 9.17) is 4.74 Å². The van der Waals surface area contributed by atoms with Crippen LogP contribution in [-0.2, 0) is 9.53 Å². The van der Waals surface area contributed by atoms with E-state index in [0.29, 0.717) is 0 Å². The fourth-order valence-electron chi connectivity index (χ4n) is 1.23. The minimum Gasteiger partial charge on any atom is -0.444 e. The van der Waals surface area contributed by atoms with Crippen LogP contribution in [0, 0.1) is 5.92 Å². The van der Waals surface area contributed by atoms with Gasteiger partial charge in [0.2, 0.25) is 5.91 Å². The molecule has 0 aromatic heterocycles. The fourth-order valence-corrected chi connectivity index (χ4v) is 1.23. The molecule has 0 bridgehead atoms. The standard InChI is InChI=1S/C12H24N2O3/c1-8(2)9(10(15)14(6)7)13-11(16)17-12(3,4)5/h8-9H,1-7H3,(H,13,16)/t9-/m1/s1. The molecule has 0 unspecified atom stereocenters. The summed E-state index contributed by atoms with van der Waals surface area (Å²) >= 11 is 0. The lowest BCUT2D eigenvalue weighted by molar-refractivity contribution is -0.132. The Morgan fingerprint density at radius 2 is 1.65 bits per heavy atom. The number of alkyl carbamates (subject to hydrolysis) is 1. The van der Waals surface area contributed by atoms with Crippen molar-refractivity contribution in [2.45, 2.75) is 46.3 Å². The summed E-state index contributed by atoms with van der Waals surface area (Å²) in [4.78, 5) is 24.9. The molecule has 100 valence electrons. The van der Waals surface area contributed by atoms with Gasteiger partial charge in [0.25, 0.3) is 0 Å². The number of likely N-dealkylation sites (N-methyl/N-ethyl adjacent to an activating group) is 1. The molecule has 2 amide bonds. The molecule has 0 aliphatic heterocycles. The number of ether oxygens (including phenoxy) is 1. The monoisotopic (exact) mass is 244 g/mol. The summed E-state index contributed by atoms with van der Waals surface area (Å²) in [5.74, 6) is -0.122. The molecule has 0 saturated carbocycles. The number of amides is 2. The third-order valence-electron chi connectivity index (χ3n) is 2.05. The Labute approximate surface area is 103 Å². The summed E-state index contributed by atoms with van der Waals surface area (Å²) in [6.07, 6.45) is -0.564. The number of rotatable bonds is 3. The quantitative estimate of drug-likeness (QED) is 0.820. The highest BCUT2D eigenvalue weighted by Gasteiger charge is 2.27. The van der Waals surface area contributed by atoms with Crippen LogP contribution in [0.15, 0.2) is 0 Å². The predicted octanol–water partition coefficient (Wildman–Crippen LogP) is 1.62. The predicted molar refractivity (Wildman–Crippen MR) is 66.7 cm³/mol. The first-order valence-electron chi connectivity index (χ1n) is 5.75. The first-order valence-corrected chi connectivity index (χ1v) is 5.75. The summed E-state index contributed by atoms with van der Waals surface area (Å²) in [5, 5.41) is 2.60. The number of nitrogens with zero attached hydrogens (tertiary/aromatic N) is 1. The Morgan fingerprint density at radius 1 is 1.18 bits per heavy atom. The van der Waals surface area contributed by atoms with E-state index >= 15 is 0 Å². The van der Waals surface area contributed by atoms with Crippen molar-refractivity contribution >= 4 is 12.0 Å². The van der Waals surface area contributed by atoms with Crippen LogP contribution >= 0.6 is 0 Å². The summed E-state index contributed by atoms with van der Waals surface area (Å²) in [5.41, 5.74) is -0.563. The maximum Gasteiger partial charge on any atom is 0.408 e. The third kappa shape index (κ3) is 6.14. The fraction of sp³-hybridized carbons (Fsp3) is 0.833. The van der Waals surface area contributed by atoms with E-state index in [1.165, 1.54) is 4.90 Å². The zero-order valence-electron chi connectivity index (χ0n) is 11.8. The number of hydrogen-bond donors (Lipinski definition) is 1. The van der Waals surface area contributed by atoms with Gasteiger partial charge in [-0.2, -0.15) is 0 Å². The van der Waals surface area contributed by atoms with Crippen LogP contribution in [0.4, 0.5) is 4.79 Å². The van der Waals surface area contributed by atoms with E-state index in [1.54, 1.807) is 34.9 Å². The molecule has 0 rings (SSSR count). The number of hydrogen-bond acceptors (Lipinski definition) is 3. The molecule has 1 N–H and O–H groups in total. The van der Waals surface area contributed by atoms with Crippen molar-refractivity contribution in [3.63, 3.8) is 0 Å². The van der Waals surface area contributed by atoms with E-state index in [9.17, 15) is 9.59 Å². The van der Waals surface area contributed by atoms with E-state index in [-0.39, 0.29) is 11.8 Å². The van der Waals surface area contributed by atoms with Gasteiger partial charge in [-0.3, -0.25) is 4.79 Å². The van der Waals surface area contributed by atoms with Crippen molar-refractivity contribution in [1.29, 1.82) is 0 Å². The van der Waals surface area contributed by atoms with Gasteiger partial charge in [-0.1, -0.05) is 13.8 Å². The van der Waals surface area contributed by atoms with E-state index < -0.39 is 17.7 Å². The molecule has 0 heterocycles. The Balaban J connectivity index is 4.57. The molecule has 5 heteroatoms. The first-order chi connectivity index (χ1) is 7.54. The van der Waals surface area contributed by atoms with Gasteiger partial charge in [0, 0.05) is 14.1 Å². The van der Waals surface area contributed by atoms with Gasteiger partial charge in [0.1, 0.15) is 11.6 Å². The van der Waals surface area contributed by atoms with Gasteiger partial charge >= 0.3 is 6.09 Å². The summed E-state index contributed by atoms with van der Waals surface area (Å²) < 4.78 is 5.13. The first kappa shape index (κ1) is 15.7. The number of carbonyl (C=O) groups excluding carboxylic acids is 2. The molecule has 1 atom stereocenters. The van der Waals surface area contributed by atoms with Crippen molar-refractivity contribution in [1.82, 2.24) is 10.2 Å². The third-order valence-corrected chi connectivity index (χ3v) is 2.05. The van der Waals surface area contributed by atoms with E-state index in [2.05, 4.69) is 5.32 Å². The van der Waals surface area contributed by atoms with Crippen LogP contribution in [0.1, 0.15) is 34.6 Å². The molecule has 17 heavy (non-hydrogen) atoms. The molecule has 0 aliphatic carbocycles. The minimum absolute atomic E-state index is 0.0115. The van der Waals surface area contributed by atoms with Crippen LogP contribution in [0.3, 0.4) is 0 Å². The molecule has 0 radical (unpaired) electrons. The van der Waals surface area contributed by atoms with Gasteiger partial charge in [0.05, 0.1) is 0 Å². The number of nitrogens with one attached hydrogen (secondary N) is 1. The SMILES string of the molecule is CC(C)[C@@H](NC(=O)OC(C)(C)C)C(=O)N(C)C. The van der Waals surface area contributed by atoms with Crippen LogP contribution in [0.2, 0.25) is 0 Å². The maximum atomic E-state index is 11.8. The van der Waals surface area contributed by atoms with Crippen molar-refractivity contribution in [3.05, 3.63) is 0 Å². The zero-order valence-corrected chi connectivity index (χ0v) is 11.8. The van der Waals surface area contributed by atoms with Crippen LogP contribution in [0.25, 0.3) is 0 Å². The second-order valence-electron chi connectivity index (χ2n) is 5.60. The minimum atomic E-state index is -0.564. The molecule has 0 aromatic rings. The average Bonchev–Trinajstić information content (AvgIpc) is 2.09. The topological polar surface area (TPSA) is 58.6 Å². The lowest BCUT2D eigenvalue weighted by atomic mass is 10.0.